The van der Waals surface area contributed by atoms with Crippen LogP contribution in [0, 0.1) is 0 Å². The highest BCUT2D eigenvalue weighted by atomic mass is 14.3. The zero-order valence-electron chi connectivity index (χ0n) is 45.3. The van der Waals surface area contributed by atoms with Crippen molar-refractivity contribution in [3.8, 4) is 44.5 Å². The van der Waals surface area contributed by atoms with E-state index in [1.54, 1.807) is 0 Å². The molecule has 0 aliphatic rings. The maximum absolute atomic E-state index is 2.62. The van der Waals surface area contributed by atoms with Crippen LogP contribution in [0.2, 0.25) is 0 Å². The topological polar surface area (TPSA) is 0 Å². The summed E-state index contributed by atoms with van der Waals surface area (Å²) in [6, 6.07) is 71.3. The summed E-state index contributed by atoms with van der Waals surface area (Å²) in [5, 5.41) is 20.9. The first kappa shape index (κ1) is 46.3. The number of fused-ring (bicyclic) bond motifs is 9. The van der Waals surface area contributed by atoms with E-state index < -0.39 is 0 Å². The standard InChI is InChI=1S/C74H66/c1-71(2,3)47-30-26-43(27-31-47)52-36-34-49(73(7,8)9)39-61(52)67-63-41-58-55-23-17-22-54-51-21-14-13-18-46(51)38-60(66(54)55)59(58)42-64(63)68(70-57-25-16-20-45-19-15-24-56(65(45)57)69(67)70)62-40-50(74(10,11)12)35-37-53(62)44-28-32-48(33-29-44)72(4,5)6/h13-42H,1-12H3. The molecule has 0 heteroatoms. The molecule has 0 unspecified atom stereocenters. The van der Waals surface area contributed by atoms with Gasteiger partial charge < -0.3 is 0 Å². The molecule has 74 heavy (non-hydrogen) atoms. The summed E-state index contributed by atoms with van der Waals surface area (Å²) < 4.78 is 0. The van der Waals surface area contributed by atoms with Gasteiger partial charge in [0.2, 0.25) is 0 Å². The molecule has 0 fully saturated rings. The second-order valence-electron chi connectivity index (χ2n) is 25.7. The Bertz CT molecular complexity index is 4390. The molecule has 0 saturated carbocycles. The van der Waals surface area contributed by atoms with Gasteiger partial charge in [-0.2, -0.15) is 0 Å². The molecule has 13 aromatic carbocycles. The SMILES string of the molecule is CC(C)(C)c1ccc(-c2ccc(C(C)(C)C)cc2-c2c3cc4c(cc3c(-c3cc(C(C)(C)C)ccc3-c3ccc(C(C)(C)C)cc3)c3c5cccc6cccc(c23)c65)c2cc3ccccc3c3cccc4c32)cc1. The van der Waals surface area contributed by atoms with E-state index >= 15 is 0 Å². The summed E-state index contributed by atoms with van der Waals surface area (Å²) in [6.07, 6.45) is 0. The van der Waals surface area contributed by atoms with E-state index in [0.29, 0.717) is 0 Å². The largest absolute Gasteiger partial charge is 0.0616 e. The van der Waals surface area contributed by atoms with Crippen molar-refractivity contribution in [3.05, 3.63) is 204 Å². The molecule has 0 amide bonds. The minimum absolute atomic E-state index is 0.0404. The fourth-order valence-corrected chi connectivity index (χ4v) is 12.7. The monoisotopic (exact) mass is 955 g/mol. The lowest BCUT2D eigenvalue weighted by atomic mass is 9.78. The molecule has 0 heterocycles. The molecular weight excluding hydrogens is 889 g/mol. The normalized spacial score (nSPS) is 13.1. The highest BCUT2D eigenvalue weighted by molar-refractivity contribution is 6.43. The Morgan fingerprint density at radius 3 is 1.07 bits per heavy atom. The van der Waals surface area contributed by atoms with Crippen LogP contribution in [0.1, 0.15) is 105 Å². The summed E-state index contributed by atoms with van der Waals surface area (Å²) in [6.45, 7) is 28.0. The van der Waals surface area contributed by atoms with Gasteiger partial charge in [-0.1, -0.05) is 235 Å². The zero-order chi connectivity index (χ0) is 51.4. The maximum atomic E-state index is 2.62. The van der Waals surface area contributed by atoms with Crippen LogP contribution in [0.3, 0.4) is 0 Å². The van der Waals surface area contributed by atoms with Gasteiger partial charge in [0, 0.05) is 0 Å². The highest BCUT2D eigenvalue weighted by Crippen LogP contribution is 2.56. The Labute approximate surface area is 437 Å². The van der Waals surface area contributed by atoms with E-state index in [-0.39, 0.29) is 21.7 Å². The molecule has 13 rings (SSSR count). The third-order valence-electron chi connectivity index (χ3n) is 16.8. The molecule has 362 valence electrons. The molecule has 0 saturated heterocycles. The van der Waals surface area contributed by atoms with Crippen molar-refractivity contribution in [3.63, 3.8) is 0 Å². The molecule has 13 aromatic rings. The van der Waals surface area contributed by atoms with Crippen LogP contribution in [0.5, 0.6) is 0 Å². The summed E-state index contributed by atoms with van der Waals surface area (Å²) in [5.41, 5.74) is 15.4. The maximum Gasteiger partial charge on any atom is -0.000718 e. The van der Waals surface area contributed by atoms with Gasteiger partial charge in [0.05, 0.1) is 0 Å². The van der Waals surface area contributed by atoms with E-state index in [1.807, 2.05) is 0 Å². The molecule has 0 aromatic heterocycles. The minimum atomic E-state index is -0.0876. The Morgan fingerprint density at radius 1 is 0.216 bits per heavy atom. The second kappa shape index (κ2) is 16.0. The lowest BCUT2D eigenvalue weighted by Gasteiger charge is -2.26. The molecule has 0 spiro atoms. The van der Waals surface area contributed by atoms with Gasteiger partial charge in [-0.25, -0.2) is 0 Å². The van der Waals surface area contributed by atoms with Crippen molar-refractivity contribution in [2.24, 2.45) is 0 Å². The number of hydrogen-bond acceptors (Lipinski definition) is 0. The van der Waals surface area contributed by atoms with Crippen molar-refractivity contribution < 1.29 is 0 Å². The predicted molar refractivity (Wildman–Crippen MR) is 325 cm³/mol. The first-order chi connectivity index (χ1) is 35.2. The summed E-state index contributed by atoms with van der Waals surface area (Å²) in [5.74, 6) is 0. The molecule has 0 radical (unpaired) electrons. The van der Waals surface area contributed by atoms with Crippen LogP contribution in [0.4, 0.5) is 0 Å². The van der Waals surface area contributed by atoms with Crippen molar-refractivity contribution in [2.75, 3.05) is 0 Å². The van der Waals surface area contributed by atoms with Crippen molar-refractivity contribution in [1.29, 1.82) is 0 Å². The van der Waals surface area contributed by atoms with Gasteiger partial charge >= 0.3 is 0 Å². The molecule has 0 aliphatic carbocycles. The van der Waals surface area contributed by atoms with Gasteiger partial charge in [-0.05, 0) is 205 Å². The smallest absolute Gasteiger partial charge is 0.000718 e. The quantitative estimate of drug-likeness (QED) is 0.154. The fraction of sp³-hybridized carbons (Fsp3) is 0.216. The molecule has 0 aliphatic heterocycles. The lowest BCUT2D eigenvalue weighted by molar-refractivity contribution is 0.590. The third kappa shape index (κ3) is 7.08. The molecular formula is C74H66. The van der Waals surface area contributed by atoms with Gasteiger partial charge in [-0.15, -0.1) is 0 Å². The number of benzene rings is 11. The van der Waals surface area contributed by atoms with E-state index in [9.17, 15) is 0 Å². The Balaban J connectivity index is 1.30. The Kier molecular flexibility index (Phi) is 9.99. The number of rotatable bonds is 4. The highest BCUT2D eigenvalue weighted by Gasteiger charge is 2.30. The molecule has 0 nitrogen and oxygen atoms in total. The van der Waals surface area contributed by atoms with Crippen LogP contribution in [0.15, 0.2) is 182 Å². The van der Waals surface area contributed by atoms with Gasteiger partial charge in [0.1, 0.15) is 0 Å². The summed E-state index contributed by atoms with van der Waals surface area (Å²) in [4.78, 5) is 0. The van der Waals surface area contributed by atoms with Gasteiger partial charge in [0.25, 0.3) is 0 Å². The van der Waals surface area contributed by atoms with Crippen LogP contribution >= 0.6 is 0 Å². The summed E-state index contributed by atoms with van der Waals surface area (Å²) >= 11 is 0. The van der Waals surface area contributed by atoms with E-state index in [4.69, 9.17) is 0 Å². The molecule has 0 atom stereocenters. The van der Waals surface area contributed by atoms with Crippen molar-refractivity contribution in [1.82, 2.24) is 0 Å². The summed E-state index contributed by atoms with van der Waals surface area (Å²) in [7, 11) is 0. The predicted octanol–water partition coefficient (Wildman–Crippen LogP) is 21.6. The van der Waals surface area contributed by atoms with Crippen LogP contribution in [-0.2, 0) is 21.7 Å². The first-order valence-electron chi connectivity index (χ1n) is 26.9. The van der Waals surface area contributed by atoms with Gasteiger partial charge in [-0.3, -0.25) is 0 Å². The zero-order valence-corrected chi connectivity index (χ0v) is 45.3. The van der Waals surface area contributed by atoms with Crippen LogP contribution < -0.4 is 0 Å². The number of hydrogen-bond donors (Lipinski definition) is 0. The average molecular weight is 955 g/mol. The molecule has 0 N–H and O–H groups in total. The van der Waals surface area contributed by atoms with E-state index in [2.05, 4.69) is 265 Å². The third-order valence-corrected chi connectivity index (χ3v) is 16.8. The van der Waals surface area contributed by atoms with E-state index in [0.717, 1.165) is 0 Å². The molecule has 0 bridgehead atoms. The van der Waals surface area contributed by atoms with Crippen molar-refractivity contribution >= 4 is 86.2 Å². The van der Waals surface area contributed by atoms with Crippen LogP contribution in [0.25, 0.3) is 131 Å². The van der Waals surface area contributed by atoms with Crippen molar-refractivity contribution in [2.45, 2.75) is 105 Å². The van der Waals surface area contributed by atoms with E-state index in [1.165, 1.54) is 153 Å². The fourth-order valence-electron chi connectivity index (χ4n) is 12.7. The Morgan fingerprint density at radius 2 is 0.595 bits per heavy atom. The first-order valence-corrected chi connectivity index (χ1v) is 26.9. The average Bonchev–Trinajstić information content (AvgIpc) is 3.87. The minimum Gasteiger partial charge on any atom is -0.0616 e. The Hall–Kier alpha value is -7.54. The van der Waals surface area contributed by atoms with Crippen LogP contribution in [-0.4, -0.2) is 0 Å². The van der Waals surface area contributed by atoms with Gasteiger partial charge in [0.15, 0.2) is 0 Å². The second-order valence-corrected chi connectivity index (χ2v) is 25.7. The lowest BCUT2D eigenvalue weighted by Crippen LogP contribution is -2.12.